The Bertz CT molecular complexity index is 177. The highest BCUT2D eigenvalue weighted by atomic mass is 16.7. The third-order valence-electron chi connectivity index (χ3n) is 3.17. The molecule has 3 unspecified atom stereocenters. The van der Waals surface area contributed by atoms with Gasteiger partial charge in [-0.3, -0.25) is 4.84 Å². The average molecular weight is 201 g/mol. The van der Waals surface area contributed by atoms with Gasteiger partial charge in [0.25, 0.3) is 0 Å². The van der Waals surface area contributed by atoms with Crippen molar-refractivity contribution in [1.29, 1.82) is 0 Å². The van der Waals surface area contributed by atoms with E-state index in [4.69, 9.17) is 14.3 Å². The van der Waals surface area contributed by atoms with E-state index in [-0.39, 0.29) is 6.10 Å². The van der Waals surface area contributed by atoms with E-state index in [0.717, 1.165) is 33.0 Å². The monoisotopic (exact) mass is 201 g/mol. The molecule has 2 saturated heterocycles. The standard InChI is InChI=1S/C10H19NO3/c1-8(9-5-11(2)14-6-9)10-7-12-3-4-13-10/h8-10H,3-7H2,1-2H3. The Morgan fingerprint density at radius 3 is 2.71 bits per heavy atom. The average Bonchev–Trinajstić information content (AvgIpc) is 2.65. The lowest BCUT2D eigenvalue weighted by Gasteiger charge is -2.30. The summed E-state index contributed by atoms with van der Waals surface area (Å²) in [7, 11) is 1.98. The minimum absolute atomic E-state index is 0.254. The Morgan fingerprint density at radius 2 is 2.14 bits per heavy atom. The van der Waals surface area contributed by atoms with Crippen LogP contribution in [0.5, 0.6) is 0 Å². The summed E-state index contributed by atoms with van der Waals surface area (Å²) >= 11 is 0. The third kappa shape index (κ3) is 2.25. The Balaban J connectivity index is 1.84. The third-order valence-corrected chi connectivity index (χ3v) is 3.17. The fraction of sp³-hybridized carbons (Fsp3) is 1.00. The lowest BCUT2D eigenvalue weighted by atomic mass is 9.90. The molecule has 0 amide bonds. The maximum absolute atomic E-state index is 5.69. The molecule has 2 aliphatic rings. The van der Waals surface area contributed by atoms with E-state index in [9.17, 15) is 0 Å². The van der Waals surface area contributed by atoms with Gasteiger partial charge in [0.1, 0.15) is 0 Å². The van der Waals surface area contributed by atoms with Gasteiger partial charge in [0, 0.05) is 19.5 Å². The normalized spacial score (nSPS) is 37.3. The van der Waals surface area contributed by atoms with E-state index in [1.54, 1.807) is 0 Å². The molecule has 0 N–H and O–H groups in total. The van der Waals surface area contributed by atoms with Crippen LogP contribution in [0.3, 0.4) is 0 Å². The summed E-state index contributed by atoms with van der Waals surface area (Å²) in [4.78, 5) is 5.41. The Labute approximate surface area is 85.1 Å². The summed E-state index contributed by atoms with van der Waals surface area (Å²) in [6.45, 7) is 6.26. The minimum Gasteiger partial charge on any atom is -0.376 e. The zero-order chi connectivity index (χ0) is 9.97. The lowest BCUT2D eigenvalue weighted by Crippen LogP contribution is -2.38. The van der Waals surface area contributed by atoms with Crippen LogP contribution < -0.4 is 0 Å². The largest absolute Gasteiger partial charge is 0.376 e. The molecule has 2 fully saturated rings. The molecule has 0 aromatic carbocycles. The first-order valence-corrected chi connectivity index (χ1v) is 5.31. The summed E-state index contributed by atoms with van der Waals surface area (Å²) in [6.07, 6.45) is 0.254. The fourth-order valence-electron chi connectivity index (χ4n) is 2.09. The highest BCUT2D eigenvalue weighted by Crippen LogP contribution is 2.25. The molecular weight excluding hydrogens is 182 g/mol. The summed E-state index contributed by atoms with van der Waals surface area (Å²) in [5, 5.41) is 1.91. The van der Waals surface area contributed by atoms with Crippen LogP contribution in [-0.2, 0) is 14.3 Å². The van der Waals surface area contributed by atoms with Crippen molar-refractivity contribution in [2.24, 2.45) is 11.8 Å². The van der Waals surface area contributed by atoms with Crippen LogP contribution in [0.4, 0.5) is 0 Å². The number of hydrogen-bond acceptors (Lipinski definition) is 4. The SMILES string of the molecule is CC(C1CON(C)C1)C1COCCO1. The molecule has 3 atom stereocenters. The summed E-state index contributed by atoms with van der Waals surface area (Å²) in [6, 6.07) is 0. The van der Waals surface area contributed by atoms with Crippen LogP contribution in [0.1, 0.15) is 6.92 Å². The van der Waals surface area contributed by atoms with Gasteiger partial charge in [-0.1, -0.05) is 6.92 Å². The molecule has 82 valence electrons. The van der Waals surface area contributed by atoms with Crippen molar-refractivity contribution in [3.8, 4) is 0 Å². The Hall–Kier alpha value is -0.160. The first kappa shape index (κ1) is 10.4. The van der Waals surface area contributed by atoms with Gasteiger partial charge in [-0.25, -0.2) is 0 Å². The van der Waals surface area contributed by atoms with Crippen LogP contribution in [-0.4, -0.2) is 51.2 Å². The molecule has 14 heavy (non-hydrogen) atoms. The highest BCUT2D eigenvalue weighted by Gasteiger charge is 2.32. The van der Waals surface area contributed by atoms with E-state index in [1.165, 1.54) is 0 Å². The van der Waals surface area contributed by atoms with Crippen molar-refractivity contribution < 1.29 is 14.3 Å². The lowest BCUT2D eigenvalue weighted by molar-refractivity contribution is -0.116. The van der Waals surface area contributed by atoms with Gasteiger partial charge in [-0.05, 0) is 5.92 Å². The number of nitrogens with zero attached hydrogens (tertiary/aromatic N) is 1. The van der Waals surface area contributed by atoms with E-state index in [2.05, 4.69) is 6.92 Å². The van der Waals surface area contributed by atoms with Crippen molar-refractivity contribution in [2.45, 2.75) is 13.0 Å². The van der Waals surface area contributed by atoms with Crippen LogP contribution in [0.15, 0.2) is 0 Å². The van der Waals surface area contributed by atoms with Crippen LogP contribution >= 0.6 is 0 Å². The topological polar surface area (TPSA) is 30.9 Å². The van der Waals surface area contributed by atoms with E-state index in [0.29, 0.717) is 11.8 Å². The minimum atomic E-state index is 0.254. The maximum Gasteiger partial charge on any atom is 0.0839 e. The second kappa shape index (κ2) is 4.57. The van der Waals surface area contributed by atoms with Gasteiger partial charge in [-0.2, -0.15) is 5.06 Å². The summed E-state index contributed by atoms with van der Waals surface area (Å²) in [5.41, 5.74) is 0. The Kier molecular flexibility index (Phi) is 3.38. The molecule has 0 aromatic heterocycles. The van der Waals surface area contributed by atoms with Gasteiger partial charge in [-0.15, -0.1) is 0 Å². The van der Waals surface area contributed by atoms with Crippen molar-refractivity contribution in [3.63, 3.8) is 0 Å². The predicted molar refractivity (Wildman–Crippen MR) is 51.8 cm³/mol. The zero-order valence-electron chi connectivity index (χ0n) is 8.94. The first-order valence-electron chi connectivity index (χ1n) is 5.31. The Morgan fingerprint density at radius 1 is 1.29 bits per heavy atom. The fourth-order valence-corrected chi connectivity index (χ4v) is 2.09. The molecule has 4 heteroatoms. The highest BCUT2D eigenvalue weighted by molar-refractivity contribution is 4.78. The van der Waals surface area contributed by atoms with Gasteiger partial charge in [0.15, 0.2) is 0 Å². The van der Waals surface area contributed by atoms with Crippen LogP contribution in [0.25, 0.3) is 0 Å². The zero-order valence-corrected chi connectivity index (χ0v) is 8.94. The van der Waals surface area contributed by atoms with Crippen molar-refractivity contribution in [1.82, 2.24) is 5.06 Å². The van der Waals surface area contributed by atoms with Crippen molar-refractivity contribution in [3.05, 3.63) is 0 Å². The second-order valence-electron chi connectivity index (χ2n) is 4.21. The predicted octanol–water partition coefficient (Wildman–Crippen LogP) is 0.531. The molecule has 4 nitrogen and oxygen atoms in total. The molecule has 0 aromatic rings. The quantitative estimate of drug-likeness (QED) is 0.652. The summed E-state index contributed by atoms with van der Waals surface area (Å²) < 4.78 is 11.1. The molecular formula is C10H19NO3. The molecule has 0 radical (unpaired) electrons. The summed E-state index contributed by atoms with van der Waals surface area (Å²) in [5.74, 6) is 1.09. The van der Waals surface area contributed by atoms with E-state index >= 15 is 0 Å². The molecule has 0 saturated carbocycles. The molecule has 2 aliphatic heterocycles. The van der Waals surface area contributed by atoms with Crippen LogP contribution in [0.2, 0.25) is 0 Å². The maximum atomic E-state index is 5.69. The number of hydrogen-bond donors (Lipinski definition) is 0. The number of hydroxylamine groups is 2. The first-order chi connectivity index (χ1) is 6.77. The van der Waals surface area contributed by atoms with Crippen LogP contribution in [0, 0.1) is 11.8 Å². The van der Waals surface area contributed by atoms with Crippen molar-refractivity contribution >= 4 is 0 Å². The van der Waals surface area contributed by atoms with Gasteiger partial charge in [0.2, 0.25) is 0 Å². The molecule has 0 spiro atoms. The molecule has 0 bridgehead atoms. The van der Waals surface area contributed by atoms with Gasteiger partial charge >= 0.3 is 0 Å². The molecule has 2 heterocycles. The second-order valence-corrected chi connectivity index (χ2v) is 4.21. The number of rotatable bonds is 2. The van der Waals surface area contributed by atoms with E-state index < -0.39 is 0 Å². The van der Waals surface area contributed by atoms with Gasteiger partial charge < -0.3 is 9.47 Å². The van der Waals surface area contributed by atoms with Gasteiger partial charge in [0.05, 0.1) is 32.5 Å². The number of ether oxygens (including phenoxy) is 2. The smallest absolute Gasteiger partial charge is 0.0839 e. The van der Waals surface area contributed by atoms with Crippen molar-refractivity contribution in [2.75, 3.05) is 40.0 Å². The molecule has 2 rings (SSSR count). The van der Waals surface area contributed by atoms with E-state index in [1.807, 2.05) is 12.1 Å². The molecule has 0 aliphatic carbocycles.